The molecule has 6 nitrogen and oxygen atoms in total. The van der Waals surface area contributed by atoms with Gasteiger partial charge in [0.2, 0.25) is 5.88 Å². The van der Waals surface area contributed by atoms with Crippen LogP contribution in [0.1, 0.15) is 12.1 Å². The highest BCUT2D eigenvalue weighted by molar-refractivity contribution is 7.13. The highest BCUT2D eigenvalue weighted by Gasteiger charge is 2.09. The summed E-state index contributed by atoms with van der Waals surface area (Å²) in [5.74, 6) is 0.259. The first-order valence-electron chi connectivity index (χ1n) is 5.60. The predicted molar refractivity (Wildman–Crippen MR) is 70.0 cm³/mol. The molecule has 0 saturated heterocycles. The van der Waals surface area contributed by atoms with Crippen LogP contribution in [0.4, 0.5) is 0 Å². The van der Waals surface area contributed by atoms with Gasteiger partial charge in [-0.3, -0.25) is 4.79 Å². The van der Waals surface area contributed by atoms with Crippen molar-refractivity contribution < 1.29 is 14.3 Å². The van der Waals surface area contributed by atoms with Gasteiger partial charge in [0.15, 0.2) is 0 Å². The molecule has 0 atom stereocenters. The lowest BCUT2D eigenvalue weighted by molar-refractivity contribution is -0.140. The molecule has 0 unspecified atom stereocenters. The SMILES string of the molecule is COC(=O)CCc1csc(-c2cc(OC)ncn2)n1. The first-order chi connectivity index (χ1) is 9.22. The lowest BCUT2D eigenvalue weighted by atomic mass is 10.2. The molecule has 0 radical (unpaired) electrons. The Balaban J connectivity index is 2.09. The second-order valence-electron chi connectivity index (χ2n) is 3.67. The number of methoxy groups -OCH3 is 2. The van der Waals surface area contributed by atoms with Gasteiger partial charge in [-0.15, -0.1) is 11.3 Å². The van der Waals surface area contributed by atoms with Crippen molar-refractivity contribution in [1.82, 2.24) is 15.0 Å². The smallest absolute Gasteiger partial charge is 0.305 e. The Bertz CT molecular complexity index is 571. The molecular weight excluding hydrogens is 266 g/mol. The zero-order valence-electron chi connectivity index (χ0n) is 10.6. The van der Waals surface area contributed by atoms with Crippen molar-refractivity contribution in [2.45, 2.75) is 12.8 Å². The van der Waals surface area contributed by atoms with Crippen molar-refractivity contribution in [2.24, 2.45) is 0 Å². The minimum atomic E-state index is -0.238. The molecular formula is C12H13N3O3S. The number of aromatic nitrogens is 3. The molecule has 0 aliphatic heterocycles. The van der Waals surface area contributed by atoms with Crippen LogP contribution >= 0.6 is 11.3 Å². The van der Waals surface area contributed by atoms with Crippen LogP contribution in [0.25, 0.3) is 10.7 Å². The van der Waals surface area contributed by atoms with Crippen LogP contribution in [0.2, 0.25) is 0 Å². The summed E-state index contributed by atoms with van der Waals surface area (Å²) in [6.07, 6.45) is 2.32. The van der Waals surface area contributed by atoms with Gasteiger partial charge < -0.3 is 9.47 Å². The van der Waals surface area contributed by atoms with Crippen molar-refractivity contribution in [3.05, 3.63) is 23.5 Å². The van der Waals surface area contributed by atoms with E-state index in [4.69, 9.17) is 4.74 Å². The predicted octanol–water partition coefficient (Wildman–Crippen LogP) is 1.71. The molecule has 0 amide bonds. The molecule has 7 heteroatoms. The second kappa shape index (κ2) is 6.24. The molecule has 2 heterocycles. The average molecular weight is 279 g/mol. The molecule has 2 rings (SSSR count). The zero-order chi connectivity index (χ0) is 13.7. The minimum absolute atomic E-state index is 0.238. The third-order valence-corrected chi connectivity index (χ3v) is 3.35. The lowest BCUT2D eigenvalue weighted by Crippen LogP contribution is -2.02. The van der Waals surface area contributed by atoms with Gasteiger partial charge in [-0.1, -0.05) is 0 Å². The van der Waals surface area contributed by atoms with Crippen molar-refractivity contribution >= 4 is 17.3 Å². The summed E-state index contributed by atoms with van der Waals surface area (Å²) in [7, 11) is 2.93. The van der Waals surface area contributed by atoms with Gasteiger partial charge in [0.05, 0.1) is 26.3 Å². The summed E-state index contributed by atoms with van der Waals surface area (Å²) in [5.41, 5.74) is 1.56. The molecule has 0 fully saturated rings. The quantitative estimate of drug-likeness (QED) is 0.776. The molecule has 0 N–H and O–H groups in total. The van der Waals surface area contributed by atoms with Crippen LogP contribution in [-0.4, -0.2) is 35.1 Å². The number of rotatable bonds is 5. The lowest BCUT2D eigenvalue weighted by Gasteiger charge is -1.99. The second-order valence-corrected chi connectivity index (χ2v) is 4.52. The van der Waals surface area contributed by atoms with Crippen LogP contribution < -0.4 is 4.74 Å². The monoisotopic (exact) mass is 279 g/mol. The Labute approximate surface area is 114 Å². The van der Waals surface area contributed by atoms with E-state index in [-0.39, 0.29) is 5.97 Å². The number of carbonyl (C=O) groups is 1. The first kappa shape index (κ1) is 13.4. The van der Waals surface area contributed by atoms with Crippen LogP contribution in [0, 0.1) is 0 Å². The van der Waals surface area contributed by atoms with Crippen molar-refractivity contribution in [3.63, 3.8) is 0 Å². The molecule has 100 valence electrons. The van der Waals surface area contributed by atoms with E-state index >= 15 is 0 Å². The Morgan fingerprint density at radius 1 is 1.37 bits per heavy atom. The van der Waals surface area contributed by atoms with E-state index in [1.807, 2.05) is 5.38 Å². The topological polar surface area (TPSA) is 74.2 Å². The third kappa shape index (κ3) is 3.47. The summed E-state index contributed by atoms with van der Waals surface area (Å²) >= 11 is 1.47. The Morgan fingerprint density at radius 3 is 2.95 bits per heavy atom. The number of hydrogen-bond donors (Lipinski definition) is 0. The van der Waals surface area contributed by atoms with E-state index < -0.39 is 0 Å². The summed E-state index contributed by atoms with van der Waals surface area (Å²) in [4.78, 5) is 23.6. The maximum atomic E-state index is 11.1. The van der Waals surface area contributed by atoms with Gasteiger partial charge in [-0.25, -0.2) is 15.0 Å². The molecule has 0 aliphatic rings. The fourth-order valence-corrected chi connectivity index (χ4v) is 2.26. The van der Waals surface area contributed by atoms with Gasteiger partial charge in [0.25, 0.3) is 0 Å². The summed E-state index contributed by atoms with van der Waals surface area (Å²) in [6.45, 7) is 0. The van der Waals surface area contributed by atoms with Crippen molar-refractivity contribution in [3.8, 4) is 16.6 Å². The number of thiazole rings is 1. The Morgan fingerprint density at radius 2 is 2.21 bits per heavy atom. The van der Waals surface area contributed by atoms with Gasteiger partial charge >= 0.3 is 5.97 Å². The molecule has 0 spiro atoms. The number of esters is 1. The Hall–Kier alpha value is -2.02. The number of nitrogens with zero attached hydrogens (tertiary/aromatic N) is 3. The van der Waals surface area contributed by atoms with E-state index in [0.717, 1.165) is 10.7 Å². The molecule has 0 bridgehead atoms. The fraction of sp³-hybridized carbons (Fsp3) is 0.333. The maximum absolute atomic E-state index is 11.1. The Kier molecular flexibility index (Phi) is 4.40. The van der Waals surface area contributed by atoms with E-state index in [9.17, 15) is 4.79 Å². The van der Waals surface area contributed by atoms with Crippen molar-refractivity contribution in [1.29, 1.82) is 0 Å². The number of aryl methyl sites for hydroxylation is 1. The molecule has 0 aromatic carbocycles. The largest absolute Gasteiger partial charge is 0.481 e. The minimum Gasteiger partial charge on any atom is -0.481 e. The van der Waals surface area contributed by atoms with Crippen LogP contribution in [0.3, 0.4) is 0 Å². The number of hydrogen-bond acceptors (Lipinski definition) is 7. The van der Waals surface area contributed by atoms with Gasteiger partial charge in [-0.2, -0.15) is 0 Å². The first-order valence-corrected chi connectivity index (χ1v) is 6.48. The van der Waals surface area contributed by atoms with Crippen LogP contribution in [0.15, 0.2) is 17.8 Å². The normalized spacial score (nSPS) is 10.2. The summed E-state index contributed by atoms with van der Waals surface area (Å²) < 4.78 is 9.63. The van der Waals surface area contributed by atoms with Crippen LogP contribution in [-0.2, 0) is 16.0 Å². The molecule has 19 heavy (non-hydrogen) atoms. The van der Waals surface area contributed by atoms with Crippen LogP contribution in [0.5, 0.6) is 5.88 Å². The van der Waals surface area contributed by atoms with Crippen molar-refractivity contribution in [2.75, 3.05) is 14.2 Å². The third-order valence-electron chi connectivity index (χ3n) is 2.43. The standard InChI is InChI=1S/C12H13N3O3S/c1-17-10-5-9(13-7-14-10)12-15-8(6-19-12)3-4-11(16)18-2/h5-7H,3-4H2,1-2H3. The maximum Gasteiger partial charge on any atom is 0.305 e. The number of carbonyl (C=O) groups excluding carboxylic acids is 1. The summed E-state index contributed by atoms with van der Waals surface area (Å²) in [6, 6.07) is 1.73. The highest BCUT2D eigenvalue weighted by atomic mass is 32.1. The van der Waals surface area contributed by atoms with E-state index in [1.54, 1.807) is 13.2 Å². The van der Waals surface area contributed by atoms with Gasteiger partial charge in [0, 0.05) is 17.9 Å². The average Bonchev–Trinajstić information content (AvgIpc) is 2.93. The van der Waals surface area contributed by atoms with E-state index in [0.29, 0.717) is 24.4 Å². The van der Waals surface area contributed by atoms with E-state index in [2.05, 4.69) is 19.7 Å². The molecule has 2 aromatic heterocycles. The molecule has 2 aromatic rings. The van der Waals surface area contributed by atoms with Gasteiger partial charge in [-0.05, 0) is 0 Å². The zero-order valence-corrected chi connectivity index (χ0v) is 11.4. The highest BCUT2D eigenvalue weighted by Crippen LogP contribution is 2.24. The van der Waals surface area contributed by atoms with Gasteiger partial charge in [0.1, 0.15) is 17.0 Å². The van der Waals surface area contributed by atoms with E-state index in [1.165, 1.54) is 24.8 Å². The molecule has 0 saturated carbocycles. The molecule has 0 aliphatic carbocycles. The fourth-order valence-electron chi connectivity index (χ4n) is 1.44. The number of ether oxygens (including phenoxy) is 2. The summed E-state index contributed by atoms with van der Waals surface area (Å²) in [5, 5.41) is 2.69.